The second-order valence-corrected chi connectivity index (χ2v) is 3.47. The molecule has 1 atom stereocenters. The fourth-order valence-corrected chi connectivity index (χ4v) is 1.29. The van der Waals surface area contributed by atoms with Gasteiger partial charge in [-0.3, -0.25) is 0 Å². The van der Waals surface area contributed by atoms with Crippen LogP contribution < -0.4 is 30.1 Å². The topological polar surface area (TPSA) is 29.4 Å². The molecule has 0 bridgehead atoms. The van der Waals surface area contributed by atoms with Gasteiger partial charge in [0.15, 0.2) is 0 Å². The Morgan fingerprint density at radius 1 is 1.24 bits per heavy atom. The fraction of sp³-hybridized carbons (Fsp3) is 1.00. The maximum atomic E-state index is 12.3. The number of halogens is 5. The molecule has 0 saturated carbocycles. The van der Waals surface area contributed by atoms with Gasteiger partial charge in [-0.2, -0.15) is 13.2 Å². The van der Waals surface area contributed by atoms with Gasteiger partial charge >= 0.3 is 27.9 Å². The molecule has 0 aromatic carbocycles. The standard InChI is InChI=1S/C8H15F3N3.2ClH.Ti/c1-14-4-2-12-6-7(8(9,10)11)13-3-5-14;;;/h7,12H,2-6H2,1H3;2*1H;/q-1;;;+3/p-2. The van der Waals surface area contributed by atoms with Crippen LogP contribution in [0.5, 0.6) is 0 Å². The summed E-state index contributed by atoms with van der Waals surface area (Å²) >= 11 is 0. The first-order valence-corrected chi connectivity index (χ1v) is 4.63. The van der Waals surface area contributed by atoms with Gasteiger partial charge in [0.2, 0.25) is 0 Å². The molecule has 1 aliphatic rings. The Morgan fingerprint density at radius 3 is 2.35 bits per heavy atom. The summed E-state index contributed by atoms with van der Waals surface area (Å²) < 4.78 is 37.0. The van der Waals surface area contributed by atoms with Crippen LogP contribution in [-0.2, 0) is 21.7 Å². The summed E-state index contributed by atoms with van der Waals surface area (Å²) in [6.07, 6.45) is -4.21. The van der Waals surface area contributed by atoms with Gasteiger partial charge in [0.25, 0.3) is 0 Å². The SMILES string of the molecule is CN1CC[N-]C(C(F)(F)F)CNCC1.[Cl-].[Cl-].[Ti+3]. The molecule has 1 N–H and O–H groups in total. The van der Waals surface area contributed by atoms with Gasteiger partial charge in [0, 0.05) is 13.1 Å². The van der Waals surface area contributed by atoms with Crippen LogP contribution in [0.25, 0.3) is 5.32 Å². The van der Waals surface area contributed by atoms with Crippen LogP contribution in [0.4, 0.5) is 13.2 Å². The summed E-state index contributed by atoms with van der Waals surface area (Å²) in [6.45, 7) is 2.09. The molecule has 1 unspecified atom stereocenters. The molecule has 0 aromatic heterocycles. The van der Waals surface area contributed by atoms with Crippen molar-refractivity contribution in [1.29, 1.82) is 0 Å². The maximum absolute atomic E-state index is 12.3. The van der Waals surface area contributed by atoms with E-state index in [0.29, 0.717) is 13.1 Å². The first kappa shape index (κ1) is 23.1. The minimum atomic E-state index is -4.21. The molecule has 0 aliphatic carbocycles. The summed E-state index contributed by atoms with van der Waals surface area (Å²) in [5.41, 5.74) is 0. The van der Waals surface area contributed by atoms with Crippen LogP contribution in [0.2, 0.25) is 0 Å². The Morgan fingerprint density at radius 2 is 1.82 bits per heavy atom. The molecule has 1 saturated heterocycles. The predicted octanol–water partition coefficient (Wildman–Crippen LogP) is -5.17. The number of nitrogens with one attached hydrogen (secondary N) is 1. The van der Waals surface area contributed by atoms with Crippen molar-refractivity contribution in [3.05, 3.63) is 5.32 Å². The monoisotopic (exact) mass is 328 g/mol. The third-order valence-corrected chi connectivity index (χ3v) is 2.22. The summed E-state index contributed by atoms with van der Waals surface area (Å²) in [7, 11) is 1.88. The Hall–Kier alpha value is 0.964. The Balaban J connectivity index is -0.000000653. The van der Waals surface area contributed by atoms with Crippen LogP contribution in [0.3, 0.4) is 0 Å². The van der Waals surface area contributed by atoms with E-state index in [1.807, 2.05) is 11.9 Å². The van der Waals surface area contributed by atoms with Gasteiger partial charge in [-0.1, -0.05) is 0 Å². The fourth-order valence-electron chi connectivity index (χ4n) is 1.29. The normalized spacial score (nSPS) is 22.9. The molecule has 3 nitrogen and oxygen atoms in total. The number of likely N-dealkylation sites (N-methyl/N-ethyl adjacent to an activating group) is 1. The van der Waals surface area contributed by atoms with E-state index >= 15 is 0 Å². The Labute approximate surface area is 127 Å². The maximum Gasteiger partial charge on any atom is 3.00 e. The van der Waals surface area contributed by atoms with E-state index < -0.39 is 12.2 Å². The zero-order chi connectivity index (χ0) is 10.6. The van der Waals surface area contributed by atoms with Crippen LogP contribution in [0.15, 0.2) is 0 Å². The molecule has 1 rings (SSSR count). The molecule has 1 fully saturated rings. The van der Waals surface area contributed by atoms with Gasteiger partial charge < -0.3 is 40.3 Å². The van der Waals surface area contributed by atoms with Crippen molar-refractivity contribution < 1.29 is 59.7 Å². The van der Waals surface area contributed by atoms with Gasteiger partial charge in [-0.25, -0.2) is 0 Å². The molecule has 1 aliphatic heterocycles. The molecular formula is C8H15Cl2F3N3Ti. The number of hydrogen-bond donors (Lipinski definition) is 1. The van der Waals surface area contributed by atoms with E-state index in [1.165, 1.54) is 0 Å². The molecule has 17 heavy (non-hydrogen) atoms. The van der Waals surface area contributed by atoms with Crippen molar-refractivity contribution >= 4 is 0 Å². The van der Waals surface area contributed by atoms with E-state index in [0.717, 1.165) is 6.54 Å². The minimum Gasteiger partial charge on any atom is -1.00 e. The average molecular weight is 329 g/mol. The van der Waals surface area contributed by atoms with E-state index in [9.17, 15) is 13.2 Å². The van der Waals surface area contributed by atoms with Crippen molar-refractivity contribution in [3.63, 3.8) is 0 Å². The zero-order valence-electron chi connectivity index (χ0n) is 9.40. The summed E-state index contributed by atoms with van der Waals surface area (Å²) in [5.74, 6) is 0. The zero-order valence-corrected chi connectivity index (χ0v) is 12.5. The smallest absolute Gasteiger partial charge is 1.00 e. The molecule has 1 heterocycles. The minimum absolute atomic E-state index is 0. The summed E-state index contributed by atoms with van der Waals surface area (Å²) in [4.78, 5) is 1.97. The first-order chi connectivity index (χ1) is 6.50. The van der Waals surface area contributed by atoms with Crippen molar-refractivity contribution in [2.45, 2.75) is 12.2 Å². The second-order valence-electron chi connectivity index (χ2n) is 3.47. The van der Waals surface area contributed by atoms with E-state index in [4.69, 9.17) is 0 Å². The summed E-state index contributed by atoms with van der Waals surface area (Å²) in [6, 6.07) is -1.55. The number of nitrogens with zero attached hydrogens (tertiary/aromatic N) is 2. The number of hydrogen-bond acceptors (Lipinski definition) is 2. The van der Waals surface area contributed by atoms with E-state index in [2.05, 4.69) is 10.6 Å². The third-order valence-electron chi connectivity index (χ3n) is 2.22. The van der Waals surface area contributed by atoms with Gasteiger partial charge in [-0.05, 0) is 26.2 Å². The second kappa shape index (κ2) is 10.8. The van der Waals surface area contributed by atoms with Gasteiger partial charge in [0.05, 0.1) is 0 Å². The Kier molecular flexibility index (Phi) is 14.7. The van der Waals surface area contributed by atoms with Crippen LogP contribution in [-0.4, -0.2) is 56.9 Å². The first-order valence-electron chi connectivity index (χ1n) is 4.63. The van der Waals surface area contributed by atoms with Crippen molar-refractivity contribution in [1.82, 2.24) is 10.2 Å². The van der Waals surface area contributed by atoms with Gasteiger partial charge in [-0.15, -0.1) is 6.54 Å². The van der Waals surface area contributed by atoms with E-state index in [1.54, 1.807) is 0 Å². The number of alkyl halides is 3. The number of rotatable bonds is 0. The van der Waals surface area contributed by atoms with Crippen LogP contribution in [0.1, 0.15) is 0 Å². The van der Waals surface area contributed by atoms with Gasteiger partial charge in [0.1, 0.15) is 0 Å². The largest absolute Gasteiger partial charge is 3.00 e. The van der Waals surface area contributed by atoms with Crippen molar-refractivity contribution in [3.8, 4) is 0 Å². The van der Waals surface area contributed by atoms with Crippen LogP contribution >= 0.6 is 0 Å². The molecule has 101 valence electrons. The molecule has 0 amide bonds. The predicted molar refractivity (Wildman–Crippen MR) is 48.4 cm³/mol. The Bertz CT molecular complexity index is 186. The molecule has 0 spiro atoms. The molecule has 1 radical (unpaired) electrons. The summed E-state index contributed by atoms with van der Waals surface area (Å²) in [5, 5.41) is 6.39. The third kappa shape index (κ3) is 9.53. The van der Waals surface area contributed by atoms with E-state index in [-0.39, 0.29) is 59.6 Å². The molecule has 9 heteroatoms. The average Bonchev–Trinajstić information content (AvgIpc) is 2.15. The molecular weight excluding hydrogens is 314 g/mol. The van der Waals surface area contributed by atoms with Crippen LogP contribution in [0, 0.1) is 0 Å². The molecule has 0 aromatic rings. The van der Waals surface area contributed by atoms with Crippen molar-refractivity contribution in [2.75, 3.05) is 39.8 Å². The quantitative estimate of drug-likeness (QED) is 0.451. The van der Waals surface area contributed by atoms with Crippen molar-refractivity contribution in [2.24, 2.45) is 0 Å².